The fourth-order valence-corrected chi connectivity index (χ4v) is 7.21. The van der Waals surface area contributed by atoms with Crippen molar-refractivity contribution in [1.82, 2.24) is 4.98 Å². The zero-order chi connectivity index (χ0) is 20.8. The van der Waals surface area contributed by atoms with E-state index in [0.717, 1.165) is 38.5 Å². The van der Waals surface area contributed by atoms with E-state index in [-0.39, 0.29) is 16.9 Å². The third kappa shape index (κ3) is 3.47. The van der Waals surface area contributed by atoms with Gasteiger partial charge in [0.25, 0.3) is 0 Å². The first-order valence-electron chi connectivity index (χ1n) is 11.4. The van der Waals surface area contributed by atoms with Gasteiger partial charge in [-0.3, -0.25) is 4.98 Å². The van der Waals surface area contributed by atoms with Crippen LogP contribution in [0.2, 0.25) is 0 Å². The Morgan fingerprint density at radius 1 is 1.17 bits per heavy atom. The summed E-state index contributed by atoms with van der Waals surface area (Å²) < 4.78 is 0. The SMILES string of the molecule is C=C1C(CN)CC2[C@H](Cc3cccnc3)C(C3(C)CCC(O)CC3O)CCC12C. The number of nitrogens with two attached hydrogens (primary N) is 1. The van der Waals surface area contributed by atoms with Crippen LogP contribution in [0.1, 0.15) is 57.9 Å². The van der Waals surface area contributed by atoms with Crippen LogP contribution in [-0.4, -0.2) is 33.9 Å². The molecule has 3 aliphatic rings. The van der Waals surface area contributed by atoms with E-state index in [1.807, 2.05) is 18.5 Å². The number of nitrogens with zero attached hydrogens (tertiary/aromatic N) is 1. The Morgan fingerprint density at radius 3 is 2.62 bits per heavy atom. The van der Waals surface area contributed by atoms with Crippen molar-refractivity contribution in [3.8, 4) is 0 Å². The number of aliphatic hydroxyl groups excluding tert-OH is 2. The highest BCUT2D eigenvalue weighted by Gasteiger charge is 2.58. The molecule has 0 saturated heterocycles. The predicted octanol–water partition coefficient (Wildman–Crippen LogP) is 3.72. The van der Waals surface area contributed by atoms with E-state index >= 15 is 0 Å². The lowest BCUT2D eigenvalue weighted by atomic mass is 9.50. The lowest BCUT2D eigenvalue weighted by molar-refractivity contribution is -0.119. The van der Waals surface area contributed by atoms with Gasteiger partial charge >= 0.3 is 0 Å². The van der Waals surface area contributed by atoms with E-state index in [4.69, 9.17) is 5.73 Å². The molecule has 0 bridgehead atoms. The molecule has 160 valence electrons. The molecule has 3 fully saturated rings. The summed E-state index contributed by atoms with van der Waals surface area (Å²) in [5, 5.41) is 21.2. The van der Waals surface area contributed by atoms with Crippen molar-refractivity contribution in [1.29, 1.82) is 0 Å². The molecule has 4 rings (SSSR count). The maximum atomic E-state index is 11.1. The first kappa shape index (κ1) is 21.0. The monoisotopic (exact) mass is 398 g/mol. The standard InChI is InChI=1S/C25H38N2O2/c1-16-18(14-26)12-22-20(11-17-5-4-10-27-15-17)21(7-9-24(16,22)2)25(3)8-6-19(28)13-23(25)29/h4-5,10,15,18-23,28-29H,1,6-9,11-14,26H2,2-3H3/t18?,19?,20-,21?,22?,23?,24?,25?/m1/s1. The number of aliphatic hydroxyl groups is 2. The van der Waals surface area contributed by atoms with Crippen LogP contribution in [0.3, 0.4) is 0 Å². The Balaban J connectivity index is 1.70. The number of fused-ring (bicyclic) bond motifs is 1. The summed E-state index contributed by atoms with van der Waals surface area (Å²) in [7, 11) is 0. The minimum absolute atomic E-state index is 0.142. The molecule has 8 atom stereocenters. The van der Waals surface area contributed by atoms with E-state index in [2.05, 4.69) is 31.5 Å². The highest BCUT2D eigenvalue weighted by molar-refractivity contribution is 5.25. The summed E-state index contributed by atoms with van der Waals surface area (Å²) in [6.07, 6.45) is 9.58. The van der Waals surface area contributed by atoms with E-state index in [0.29, 0.717) is 36.6 Å². The zero-order valence-corrected chi connectivity index (χ0v) is 18.1. The highest BCUT2D eigenvalue weighted by atomic mass is 16.3. The number of aromatic nitrogens is 1. The van der Waals surface area contributed by atoms with Gasteiger partial charge in [-0.1, -0.05) is 32.1 Å². The van der Waals surface area contributed by atoms with Gasteiger partial charge in [-0.05, 0) is 97.6 Å². The molecule has 3 saturated carbocycles. The fraction of sp³-hybridized carbons (Fsp3) is 0.720. The average Bonchev–Trinajstić information content (AvgIpc) is 2.97. The molecule has 1 aromatic rings. The van der Waals surface area contributed by atoms with Crippen LogP contribution in [0, 0.1) is 34.5 Å². The second kappa shape index (κ2) is 7.79. The summed E-state index contributed by atoms with van der Waals surface area (Å²) in [5.74, 6) is 1.86. The summed E-state index contributed by atoms with van der Waals surface area (Å²) in [4.78, 5) is 4.36. The predicted molar refractivity (Wildman–Crippen MR) is 116 cm³/mol. The van der Waals surface area contributed by atoms with Crippen LogP contribution < -0.4 is 5.73 Å². The molecule has 1 heterocycles. The zero-order valence-electron chi connectivity index (χ0n) is 18.1. The van der Waals surface area contributed by atoms with Crippen molar-refractivity contribution in [3.63, 3.8) is 0 Å². The van der Waals surface area contributed by atoms with E-state index < -0.39 is 6.10 Å². The Bertz CT molecular complexity index is 738. The molecule has 4 heteroatoms. The van der Waals surface area contributed by atoms with Gasteiger partial charge in [0.05, 0.1) is 12.2 Å². The molecule has 4 nitrogen and oxygen atoms in total. The van der Waals surface area contributed by atoms with Crippen LogP contribution in [0.15, 0.2) is 36.7 Å². The number of pyridine rings is 1. The molecule has 29 heavy (non-hydrogen) atoms. The maximum absolute atomic E-state index is 11.1. The number of hydrogen-bond acceptors (Lipinski definition) is 4. The van der Waals surface area contributed by atoms with Crippen LogP contribution in [0.4, 0.5) is 0 Å². The third-order valence-corrected chi connectivity index (χ3v) is 9.19. The van der Waals surface area contributed by atoms with Crippen LogP contribution in [-0.2, 0) is 6.42 Å². The Hall–Kier alpha value is -1.23. The molecule has 3 aliphatic carbocycles. The molecule has 4 N–H and O–H groups in total. The van der Waals surface area contributed by atoms with Crippen molar-refractivity contribution in [2.75, 3.05) is 6.54 Å². The average molecular weight is 399 g/mol. The topological polar surface area (TPSA) is 79.4 Å². The number of rotatable bonds is 4. The summed E-state index contributed by atoms with van der Waals surface area (Å²) >= 11 is 0. The second-order valence-electron chi connectivity index (χ2n) is 10.5. The van der Waals surface area contributed by atoms with Crippen molar-refractivity contribution >= 4 is 0 Å². The van der Waals surface area contributed by atoms with Crippen molar-refractivity contribution < 1.29 is 10.2 Å². The van der Waals surface area contributed by atoms with Crippen LogP contribution >= 0.6 is 0 Å². The van der Waals surface area contributed by atoms with Gasteiger partial charge in [-0.25, -0.2) is 0 Å². The Labute approximate surface area is 175 Å². The summed E-state index contributed by atoms with van der Waals surface area (Å²) in [6.45, 7) is 9.87. The van der Waals surface area contributed by atoms with E-state index in [1.165, 1.54) is 11.1 Å². The smallest absolute Gasteiger partial charge is 0.0621 e. The van der Waals surface area contributed by atoms with Crippen molar-refractivity contribution in [2.24, 2.45) is 40.2 Å². The van der Waals surface area contributed by atoms with Crippen LogP contribution in [0.5, 0.6) is 0 Å². The molecule has 0 spiro atoms. The largest absolute Gasteiger partial charge is 0.393 e. The minimum Gasteiger partial charge on any atom is -0.393 e. The first-order chi connectivity index (χ1) is 13.8. The van der Waals surface area contributed by atoms with Gasteiger partial charge in [0.15, 0.2) is 0 Å². The third-order valence-electron chi connectivity index (χ3n) is 9.19. The second-order valence-corrected chi connectivity index (χ2v) is 10.5. The van der Waals surface area contributed by atoms with Gasteiger partial charge in [-0.15, -0.1) is 0 Å². The quantitative estimate of drug-likeness (QED) is 0.676. The molecule has 7 unspecified atom stereocenters. The van der Waals surface area contributed by atoms with Gasteiger partial charge in [0.1, 0.15) is 0 Å². The number of hydrogen-bond donors (Lipinski definition) is 3. The van der Waals surface area contributed by atoms with Crippen molar-refractivity contribution in [2.45, 2.75) is 71.0 Å². The van der Waals surface area contributed by atoms with Crippen molar-refractivity contribution in [3.05, 3.63) is 42.2 Å². The molecular weight excluding hydrogens is 360 g/mol. The molecule has 1 aromatic heterocycles. The molecule has 0 radical (unpaired) electrons. The van der Waals surface area contributed by atoms with E-state index in [9.17, 15) is 10.2 Å². The van der Waals surface area contributed by atoms with Crippen LogP contribution in [0.25, 0.3) is 0 Å². The summed E-state index contributed by atoms with van der Waals surface area (Å²) in [5.41, 5.74) is 8.77. The Morgan fingerprint density at radius 2 is 1.97 bits per heavy atom. The summed E-state index contributed by atoms with van der Waals surface area (Å²) in [6, 6.07) is 4.21. The molecule has 0 aliphatic heterocycles. The van der Waals surface area contributed by atoms with Gasteiger partial charge in [0.2, 0.25) is 0 Å². The fourth-order valence-electron chi connectivity index (χ4n) is 7.21. The normalized spacial score (nSPS) is 45.2. The molecular formula is C25H38N2O2. The minimum atomic E-state index is -0.438. The Kier molecular flexibility index (Phi) is 5.65. The first-order valence-corrected chi connectivity index (χ1v) is 11.4. The molecule has 0 aromatic carbocycles. The van der Waals surface area contributed by atoms with Gasteiger partial charge in [-0.2, -0.15) is 0 Å². The van der Waals surface area contributed by atoms with E-state index in [1.54, 1.807) is 0 Å². The highest BCUT2D eigenvalue weighted by Crippen LogP contribution is 2.64. The lowest BCUT2D eigenvalue weighted by Crippen LogP contribution is -2.52. The lowest BCUT2D eigenvalue weighted by Gasteiger charge is -2.55. The van der Waals surface area contributed by atoms with Gasteiger partial charge < -0.3 is 15.9 Å². The maximum Gasteiger partial charge on any atom is 0.0621 e. The van der Waals surface area contributed by atoms with Gasteiger partial charge in [0, 0.05) is 12.4 Å². The molecule has 0 amide bonds.